The molecule has 4 atom stereocenters. The normalized spacial score (nSPS) is 23.9. The van der Waals surface area contributed by atoms with Gasteiger partial charge in [-0.1, -0.05) is 66.8 Å². The standard InChI is InChI=1S/C32H40N8O4/c1-3-15-38-21-30(42)39-28(17-22-9-12-25(41)13-10-22)31(43)37(19-24-11-14-27(36(2)34)26(33)16-24)20-29(39)40(38)32(44)35-18-23-7-5-4-6-8-23/h3-14,16,26-29,41H,1,15,17-21,33-34H2,2H3,(H,35,44)/t26?,27?,28-,29-/m0/s1. The minimum Gasteiger partial charge on any atom is -0.508 e. The number of benzene rings is 2. The number of piperazine rings is 1. The number of hydrogen-bond acceptors (Lipinski definition) is 8. The number of carbonyl (C=O) groups is 3. The summed E-state index contributed by atoms with van der Waals surface area (Å²) in [5, 5.41) is 17.6. The number of hydrogen-bond donors (Lipinski definition) is 4. The zero-order chi connectivity index (χ0) is 31.4. The number of nitrogens with one attached hydrogen (secondary N) is 1. The molecule has 1 aliphatic carbocycles. The van der Waals surface area contributed by atoms with Crippen molar-refractivity contribution in [1.82, 2.24) is 30.1 Å². The fraction of sp³-hybridized carbons (Fsp3) is 0.344. The number of likely N-dealkylation sites (N-methyl/N-ethyl adjacent to an activating group) is 1. The molecule has 44 heavy (non-hydrogen) atoms. The van der Waals surface area contributed by atoms with Crippen LogP contribution >= 0.6 is 0 Å². The van der Waals surface area contributed by atoms with E-state index in [9.17, 15) is 19.5 Å². The van der Waals surface area contributed by atoms with Gasteiger partial charge in [-0.25, -0.2) is 19.8 Å². The van der Waals surface area contributed by atoms with Crippen LogP contribution in [0.3, 0.4) is 0 Å². The number of hydrazine groups is 2. The molecule has 12 heteroatoms. The fourth-order valence-electron chi connectivity index (χ4n) is 6.04. The number of nitrogens with two attached hydrogens (primary N) is 2. The monoisotopic (exact) mass is 600 g/mol. The maximum absolute atomic E-state index is 14.1. The number of nitrogens with zero attached hydrogens (tertiary/aromatic N) is 5. The molecular weight excluding hydrogens is 560 g/mol. The van der Waals surface area contributed by atoms with E-state index in [1.807, 2.05) is 48.6 Å². The van der Waals surface area contributed by atoms with Crippen molar-refractivity contribution in [2.24, 2.45) is 11.6 Å². The number of phenols is 1. The Morgan fingerprint density at radius 2 is 1.86 bits per heavy atom. The minimum atomic E-state index is -0.870. The minimum absolute atomic E-state index is 0.0859. The lowest BCUT2D eigenvalue weighted by Crippen LogP contribution is -2.76. The van der Waals surface area contributed by atoms with Crippen molar-refractivity contribution in [3.8, 4) is 5.75 Å². The second-order valence-electron chi connectivity index (χ2n) is 11.3. The molecule has 2 aromatic carbocycles. The zero-order valence-corrected chi connectivity index (χ0v) is 24.8. The zero-order valence-electron chi connectivity index (χ0n) is 24.8. The highest BCUT2D eigenvalue weighted by molar-refractivity contribution is 5.92. The Balaban J connectivity index is 1.47. The van der Waals surface area contributed by atoms with E-state index in [1.165, 1.54) is 0 Å². The Morgan fingerprint density at radius 3 is 2.52 bits per heavy atom. The molecular formula is C32H40N8O4. The Bertz CT molecular complexity index is 1430. The highest BCUT2D eigenvalue weighted by Gasteiger charge is 2.51. The summed E-state index contributed by atoms with van der Waals surface area (Å²) in [4.78, 5) is 45.0. The molecule has 2 unspecified atom stereocenters. The van der Waals surface area contributed by atoms with E-state index < -0.39 is 12.2 Å². The fourth-order valence-corrected chi connectivity index (χ4v) is 6.04. The van der Waals surface area contributed by atoms with Gasteiger partial charge in [-0.05, 0) is 28.8 Å². The SMILES string of the molecule is C=CCN1CC(=O)N2[C@@H](Cc3ccc(O)cc3)C(=O)N(CC3=CC(N)C(N(C)N)C=C3)C[C@@H]2N1C(=O)NCc1ccccc1. The molecule has 2 aliphatic heterocycles. The van der Waals surface area contributed by atoms with E-state index in [2.05, 4.69) is 11.9 Å². The van der Waals surface area contributed by atoms with Crippen LogP contribution in [0.2, 0.25) is 0 Å². The van der Waals surface area contributed by atoms with Crippen LogP contribution in [0.25, 0.3) is 0 Å². The number of fused-ring (bicyclic) bond motifs is 1. The molecule has 2 fully saturated rings. The van der Waals surface area contributed by atoms with Crippen molar-refractivity contribution in [1.29, 1.82) is 0 Å². The second kappa shape index (κ2) is 13.4. The van der Waals surface area contributed by atoms with Crippen LogP contribution in [-0.2, 0) is 22.6 Å². The quantitative estimate of drug-likeness (QED) is 0.189. The summed E-state index contributed by atoms with van der Waals surface area (Å²) in [6, 6.07) is 14.3. The first-order chi connectivity index (χ1) is 21.2. The van der Waals surface area contributed by atoms with Crippen LogP contribution < -0.4 is 16.9 Å². The average molecular weight is 601 g/mol. The van der Waals surface area contributed by atoms with Crippen LogP contribution in [0.1, 0.15) is 11.1 Å². The van der Waals surface area contributed by atoms with Crippen molar-refractivity contribution in [2.45, 2.75) is 37.3 Å². The van der Waals surface area contributed by atoms with Gasteiger partial charge >= 0.3 is 6.03 Å². The molecule has 0 saturated carbocycles. The van der Waals surface area contributed by atoms with Crippen LogP contribution in [0, 0.1) is 0 Å². The number of rotatable bonds is 9. The lowest BCUT2D eigenvalue weighted by Gasteiger charge is -2.55. The van der Waals surface area contributed by atoms with E-state index in [1.54, 1.807) is 62.2 Å². The Kier molecular flexibility index (Phi) is 9.45. The Labute approximate surface area is 257 Å². The van der Waals surface area contributed by atoms with Crippen molar-refractivity contribution >= 4 is 17.8 Å². The van der Waals surface area contributed by atoms with Gasteiger partial charge in [0.1, 0.15) is 18.0 Å². The van der Waals surface area contributed by atoms with Crippen molar-refractivity contribution in [2.75, 3.05) is 33.2 Å². The highest BCUT2D eigenvalue weighted by Crippen LogP contribution is 2.29. The Hall–Kier alpha value is -4.49. The topological polar surface area (TPSA) is 152 Å². The van der Waals surface area contributed by atoms with Crippen LogP contribution in [-0.4, -0.2) is 105 Å². The molecule has 2 heterocycles. The van der Waals surface area contributed by atoms with Gasteiger partial charge in [0.15, 0.2) is 0 Å². The van der Waals surface area contributed by atoms with Gasteiger partial charge in [0.25, 0.3) is 0 Å². The van der Waals surface area contributed by atoms with E-state index in [-0.39, 0.29) is 68.3 Å². The van der Waals surface area contributed by atoms with Crippen LogP contribution in [0.4, 0.5) is 4.79 Å². The number of aromatic hydroxyl groups is 1. The van der Waals surface area contributed by atoms with Crippen molar-refractivity contribution in [3.63, 3.8) is 0 Å². The average Bonchev–Trinajstić information content (AvgIpc) is 2.99. The largest absolute Gasteiger partial charge is 0.508 e. The maximum atomic E-state index is 14.1. The third-order valence-electron chi connectivity index (χ3n) is 8.18. The molecule has 2 aromatic rings. The molecule has 0 spiro atoms. The van der Waals surface area contributed by atoms with Gasteiger partial charge in [0.05, 0.1) is 19.1 Å². The van der Waals surface area contributed by atoms with Gasteiger partial charge in [0.2, 0.25) is 11.8 Å². The van der Waals surface area contributed by atoms with Crippen molar-refractivity contribution < 1.29 is 19.5 Å². The molecule has 0 aromatic heterocycles. The van der Waals surface area contributed by atoms with Gasteiger partial charge in [-0.15, -0.1) is 6.58 Å². The predicted octanol–water partition coefficient (Wildman–Crippen LogP) is 0.926. The van der Waals surface area contributed by atoms with E-state index >= 15 is 0 Å². The molecule has 0 radical (unpaired) electrons. The summed E-state index contributed by atoms with van der Waals surface area (Å²) in [6.45, 7) is 4.65. The summed E-state index contributed by atoms with van der Waals surface area (Å²) >= 11 is 0. The number of amides is 4. The van der Waals surface area contributed by atoms with E-state index in [0.29, 0.717) is 6.54 Å². The number of carbonyl (C=O) groups excluding carboxylic acids is 3. The first kappa shape index (κ1) is 31.0. The lowest BCUT2D eigenvalue weighted by atomic mass is 9.95. The first-order valence-electron chi connectivity index (χ1n) is 14.6. The first-order valence-corrected chi connectivity index (χ1v) is 14.6. The molecule has 4 amide bonds. The number of phenolic OH excluding ortho intramolecular Hbond substituents is 1. The third kappa shape index (κ3) is 6.68. The molecule has 3 aliphatic rings. The van der Waals surface area contributed by atoms with E-state index in [4.69, 9.17) is 11.6 Å². The predicted molar refractivity (Wildman–Crippen MR) is 166 cm³/mol. The van der Waals surface area contributed by atoms with Gasteiger partial charge in [-0.2, -0.15) is 0 Å². The summed E-state index contributed by atoms with van der Waals surface area (Å²) in [6.07, 6.45) is 6.80. The number of urea groups is 1. The van der Waals surface area contributed by atoms with Crippen LogP contribution in [0.5, 0.6) is 5.75 Å². The smallest absolute Gasteiger partial charge is 0.334 e. The molecule has 6 N–H and O–H groups in total. The Morgan fingerprint density at radius 1 is 1.14 bits per heavy atom. The summed E-state index contributed by atoms with van der Waals surface area (Å²) in [7, 11) is 1.75. The lowest BCUT2D eigenvalue weighted by molar-refractivity contribution is -0.188. The van der Waals surface area contributed by atoms with Crippen molar-refractivity contribution in [3.05, 3.63) is 102 Å². The third-order valence-corrected chi connectivity index (χ3v) is 8.18. The summed E-state index contributed by atoms with van der Waals surface area (Å²) in [5.74, 6) is 5.56. The van der Waals surface area contributed by atoms with Crippen LogP contribution in [0.15, 0.2) is 91.1 Å². The highest BCUT2D eigenvalue weighted by atomic mass is 16.3. The van der Waals surface area contributed by atoms with E-state index in [0.717, 1.165) is 16.7 Å². The van der Waals surface area contributed by atoms with Gasteiger partial charge in [-0.3, -0.25) is 15.4 Å². The molecule has 0 bridgehead atoms. The van der Waals surface area contributed by atoms with Gasteiger partial charge in [0, 0.05) is 39.1 Å². The molecule has 12 nitrogen and oxygen atoms in total. The summed E-state index contributed by atoms with van der Waals surface area (Å²) in [5.41, 5.74) is 8.91. The maximum Gasteiger partial charge on any atom is 0.334 e. The molecule has 232 valence electrons. The molecule has 2 saturated heterocycles. The molecule has 5 rings (SSSR count). The van der Waals surface area contributed by atoms with Gasteiger partial charge < -0.3 is 26.0 Å². The summed E-state index contributed by atoms with van der Waals surface area (Å²) < 4.78 is 0. The second-order valence-corrected chi connectivity index (χ2v) is 11.3.